The molecule has 2 aromatic heterocycles. The van der Waals surface area contributed by atoms with Crippen molar-refractivity contribution in [2.45, 2.75) is 23.6 Å². The molecular formula is C43H42FN9O8S2. The smallest absolute Gasteiger partial charge is 0.252 e. The van der Waals surface area contributed by atoms with Crippen molar-refractivity contribution in [3.63, 3.8) is 0 Å². The second-order valence-corrected chi connectivity index (χ2v) is 18.5. The third-order valence-electron chi connectivity index (χ3n) is 10.4. The molecule has 2 aliphatic heterocycles. The molecule has 6 N–H and O–H groups in total. The largest absolute Gasteiger partial charge is 0.379 e. The van der Waals surface area contributed by atoms with Crippen molar-refractivity contribution < 1.29 is 40.3 Å². The normalized spacial score (nSPS) is 15.0. The van der Waals surface area contributed by atoms with Gasteiger partial charge in [-0.25, -0.2) is 21.2 Å². The Bertz CT molecular complexity index is 3040. The van der Waals surface area contributed by atoms with Gasteiger partial charge in [-0.3, -0.25) is 19.6 Å². The van der Waals surface area contributed by atoms with Gasteiger partial charge in [-0.1, -0.05) is 12.1 Å². The number of pyridine rings is 2. The number of aromatic nitrogens is 2. The number of rotatable bonds is 10. The van der Waals surface area contributed by atoms with Crippen LogP contribution in [0.2, 0.25) is 0 Å². The molecule has 0 saturated carbocycles. The van der Waals surface area contributed by atoms with Gasteiger partial charge in [0.15, 0.2) is 0 Å². The van der Waals surface area contributed by atoms with Crippen LogP contribution >= 0.6 is 0 Å². The molecule has 0 unspecified atom stereocenters. The van der Waals surface area contributed by atoms with Crippen LogP contribution in [0.3, 0.4) is 0 Å². The highest BCUT2D eigenvalue weighted by Gasteiger charge is 2.30. The number of hydrogen-bond acceptors (Lipinski definition) is 13. The van der Waals surface area contributed by atoms with Crippen LogP contribution < -0.4 is 22.1 Å². The van der Waals surface area contributed by atoms with Gasteiger partial charge in [0.2, 0.25) is 20.0 Å². The molecule has 2 amide bonds. The number of halogens is 1. The Morgan fingerprint density at radius 2 is 1.11 bits per heavy atom. The van der Waals surface area contributed by atoms with E-state index in [4.69, 9.17) is 20.9 Å². The number of aryl methyl sites for hydroxylation is 2. The van der Waals surface area contributed by atoms with Gasteiger partial charge in [-0.15, -0.1) is 0 Å². The number of sulfonamides is 2. The van der Waals surface area contributed by atoms with Crippen molar-refractivity contribution in [1.29, 1.82) is 5.26 Å². The first-order valence-corrected chi connectivity index (χ1v) is 22.4. The number of amides is 2. The Labute approximate surface area is 362 Å². The van der Waals surface area contributed by atoms with Gasteiger partial charge in [-0.05, 0) is 85.6 Å². The van der Waals surface area contributed by atoms with E-state index in [0.29, 0.717) is 82.0 Å². The van der Waals surface area contributed by atoms with Gasteiger partial charge in [0.1, 0.15) is 5.82 Å². The zero-order valence-corrected chi connectivity index (χ0v) is 35.7. The van der Waals surface area contributed by atoms with Gasteiger partial charge in [0.25, 0.3) is 11.8 Å². The molecule has 0 spiro atoms. The van der Waals surface area contributed by atoms with Crippen LogP contribution in [0.1, 0.15) is 37.4 Å². The van der Waals surface area contributed by atoms with E-state index in [1.165, 1.54) is 51.3 Å². The number of primary amides is 2. The van der Waals surface area contributed by atoms with Crippen molar-refractivity contribution in [2.75, 3.05) is 63.2 Å². The molecule has 0 aliphatic carbocycles. The molecular weight excluding hydrogens is 854 g/mol. The summed E-state index contributed by atoms with van der Waals surface area (Å²) in [5.41, 5.74) is 15.6. The predicted molar refractivity (Wildman–Crippen MR) is 233 cm³/mol. The molecule has 8 rings (SSSR count). The van der Waals surface area contributed by atoms with Gasteiger partial charge in [0, 0.05) is 60.7 Å². The summed E-state index contributed by atoms with van der Waals surface area (Å²) in [5, 5.41) is 16.2. The lowest BCUT2D eigenvalue weighted by atomic mass is 10.0. The van der Waals surface area contributed by atoms with Crippen LogP contribution in [0.15, 0.2) is 95.0 Å². The highest BCUT2D eigenvalue weighted by Crippen LogP contribution is 2.35. The predicted octanol–water partition coefficient (Wildman–Crippen LogP) is 4.82. The Hall–Kier alpha value is -6.60. The number of morpholine rings is 2. The first-order chi connectivity index (χ1) is 30.1. The van der Waals surface area contributed by atoms with Crippen LogP contribution in [0.5, 0.6) is 0 Å². The van der Waals surface area contributed by atoms with E-state index in [-0.39, 0.29) is 52.8 Å². The lowest BCUT2D eigenvalue weighted by Crippen LogP contribution is -2.40. The maximum Gasteiger partial charge on any atom is 0.252 e. The summed E-state index contributed by atoms with van der Waals surface area (Å²) >= 11 is 0. The van der Waals surface area contributed by atoms with Gasteiger partial charge in [0.05, 0.1) is 81.4 Å². The molecule has 0 bridgehead atoms. The number of nitrogens with zero attached hydrogens (tertiary/aromatic N) is 5. The number of hydrogen-bond donors (Lipinski definition) is 4. The molecule has 6 aromatic rings. The number of nitriles is 1. The standard InChI is InChI=1S/C22H21N5O4S.C21H21FN4O4S/c1-14-9-17(32(29,30)27-5-7-31-8-6-27)11-18-20(14)25-13-19(22(24)28)21(18)26-16-4-2-3-15(10-16)12-23;1-13-9-16(31(28,29)26-5-7-30-8-6-26)11-17-19(13)24-12-18(21(23)27)20(17)25-15-4-2-3-14(22)10-15/h2-4,9-11,13H,5-8H2,1H3,(H2,24,28)(H,25,26);2-4,9-12H,5-8H2,1H3,(H2,23,27)(H,24,25). The van der Waals surface area contributed by atoms with E-state index in [1.807, 2.05) is 0 Å². The first kappa shape index (κ1) is 44.5. The van der Waals surface area contributed by atoms with E-state index in [1.54, 1.807) is 56.3 Å². The molecule has 4 heterocycles. The molecule has 17 nitrogen and oxygen atoms in total. The molecule has 326 valence electrons. The number of carbonyl (C=O) groups is 2. The van der Waals surface area contributed by atoms with Gasteiger partial charge in [-0.2, -0.15) is 13.9 Å². The van der Waals surface area contributed by atoms with Crippen molar-refractivity contribution in [3.8, 4) is 6.07 Å². The maximum absolute atomic E-state index is 13.7. The van der Waals surface area contributed by atoms with E-state index in [0.717, 1.165) is 0 Å². The average molecular weight is 896 g/mol. The van der Waals surface area contributed by atoms with Crippen LogP contribution in [0.4, 0.5) is 27.1 Å². The fourth-order valence-corrected chi connectivity index (χ4v) is 10.3. The molecule has 20 heteroatoms. The quantitative estimate of drug-likeness (QED) is 0.144. The molecule has 0 atom stereocenters. The highest BCUT2D eigenvalue weighted by molar-refractivity contribution is 7.89. The van der Waals surface area contributed by atoms with E-state index in [9.17, 15) is 36.1 Å². The third-order valence-corrected chi connectivity index (χ3v) is 14.1. The molecule has 2 saturated heterocycles. The van der Waals surface area contributed by atoms with Crippen LogP contribution in [-0.2, 0) is 29.5 Å². The molecule has 2 fully saturated rings. The SMILES string of the molecule is Cc1cc(S(=O)(=O)N2CCOCC2)cc2c(Nc3cccc(C#N)c3)c(C(N)=O)cnc12.Cc1cc(S(=O)(=O)N2CCOCC2)cc2c(Nc3cccc(F)c3)c(C(N)=O)cnc12. The minimum absolute atomic E-state index is 0.0667. The number of carbonyl (C=O) groups excluding carboxylic acids is 2. The van der Waals surface area contributed by atoms with Crippen molar-refractivity contribution in [1.82, 2.24) is 18.6 Å². The summed E-state index contributed by atoms with van der Waals surface area (Å²) in [6.45, 7) is 5.87. The molecule has 4 aromatic carbocycles. The van der Waals surface area contributed by atoms with E-state index >= 15 is 0 Å². The molecule has 0 radical (unpaired) electrons. The highest BCUT2D eigenvalue weighted by atomic mass is 32.2. The summed E-state index contributed by atoms with van der Waals surface area (Å²) in [5.74, 6) is -1.92. The van der Waals surface area contributed by atoms with Gasteiger partial charge < -0.3 is 31.6 Å². The van der Waals surface area contributed by atoms with E-state index in [2.05, 4.69) is 26.7 Å². The minimum atomic E-state index is -3.78. The Morgan fingerprint density at radius 1 is 0.683 bits per heavy atom. The number of nitrogens with one attached hydrogen (secondary N) is 2. The number of ether oxygens (including phenoxy) is 2. The number of fused-ring (bicyclic) bond motifs is 2. The van der Waals surface area contributed by atoms with Crippen molar-refractivity contribution >= 4 is 76.4 Å². The summed E-state index contributed by atoms with van der Waals surface area (Å²) in [4.78, 5) is 33.0. The Kier molecular flexibility index (Phi) is 13.0. The fraction of sp³-hybridized carbons (Fsp3) is 0.233. The second kappa shape index (κ2) is 18.4. The number of nitrogens with two attached hydrogens (primary N) is 2. The maximum atomic E-state index is 13.7. The zero-order valence-electron chi connectivity index (χ0n) is 34.1. The topological polar surface area (TPSA) is 253 Å². The third kappa shape index (κ3) is 9.43. The van der Waals surface area contributed by atoms with Crippen molar-refractivity contribution in [2.24, 2.45) is 11.5 Å². The summed E-state index contributed by atoms with van der Waals surface area (Å²) in [7, 11) is -7.55. The minimum Gasteiger partial charge on any atom is -0.379 e. The van der Waals surface area contributed by atoms with Gasteiger partial charge >= 0.3 is 0 Å². The van der Waals surface area contributed by atoms with E-state index < -0.39 is 37.7 Å². The lowest BCUT2D eigenvalue weighted by Gasteiger charge is -2.26. The zero-order chi connectivity index (χ0) is 45.1. The second-order valence-electron chi connectivity index (χ2n) is 14.6. The number of benzene rings is 4. The Morgan fingerprint density at radius 3 is 1.52 bits per heavy atom. The number of anilines is 4. The van der Waals surface area contributed by atoms with Crippen LogP contribution in [-0.4, -0.2) is 99.8 Å². The first-order valence-electron chi connectivity index (χ1n) is 19.5. The fourth-order valence-electron chi connectivity index (χ4n) is 7.23. The average Bonchev–Trinajstić information content (AvgIpc) is 3.27. The van der Waals surface area contributed by atoms with Crippen molar-refractivity contribution in [3.05, 3.63) is 119 Å². The Balaban J connectivity index is 0.000000189. The summed E-state index contributed by atoms with van der Waals surface area (Å²) in [6.07, 6.45) is 2.69. The van der Waals surface area contributed by atoms with Crippen LogP contribution in [0.25, 0.3) is 21.8 Å². The molecule has 2 aliphatic rings. The monoisotopic (exact) mass is 895 g/mol. The van der Waals surface area contributed by atoms with Crippen LogP contribution in [0, 0.1) is 31.0 Å². The molecule has 63 heavy (non-hydrogen) atoms. The summed E-state index contributed by atoms with van der Waals surface area (Å²) in [6, 6.07) is 20.6. The summed E-state index contributed by atoms with van der Waals surface area (Å²) < 4.78 is 79.9. The lowest BCUT2D eigenvalue weighted by molar-refractivity contribution is 0.0730.